The van der Waals surface area contributed by atoms with Crippen LogP contribution >= 0.6 is 11.8 Å². The SMILES string of the molecule is Cc1nn(CCO)c(C)c1CN1CCSC(C)C1c1ccccc1. The van der Waals surface area contributed by atoms with Crippen LogP contribution in [-0.4, -0.2) is 43.9 Å². The van der Waals surface area contributed by atoms with Gasteiger partial charge in [-0.15, -0.1) is 0 Å². The van der Waals surface area contributed by atoms with Crippen LogP contribution in [0.5, 0.6) is 0 Å². The summed E-state index contributed by atoms with van der Waals surface area (Å²) < 4.78 is 1.93. The number of rotatable bonds is 5. The lowest BCUT2D eigenvalue weighted by Gasteiger charge is -2.40. The summed E-state index contributed by atoms with van der Waals surface area (Å²) in [6.07, 6.45) is 0. The number of hydrogen-bond acceptors (Lipinski definition) is 4. The van der Waals surface area contributed by atoms with Crippen molar-refractivity contribution in [1.82, 2.24) is 14.7 Å². The van der Waals surface area contributed by atoms with Crippen LogP contribution in [0.1, 0.15) is 35.5 Å². The average molecular weight is 346 g/mol. The molecule has 2 aromatic rings. The Balaban J connectivity index is 1.87. The van der Waals surface area contributed by atoms with Gasteiger partial charge in [-0.2, -0.15) is 16.9 Å². The van der Waals surface area contributed by atoms with E-state index in [1.54, 1.807) is 0 Å². The molecule has 0 saturated carbocycles. The topological polar surface area (TPSA) is 41.3 Å². The van der Waals surface area contributed by atoms with E-state index in [1.807, 2.05) is 4.68 Å². The molecule has 130 valence electrons. The third-order valence-electron chi connectivity index (χ3n) is 4.94. The molecule has 2 heterocycles. The minimum absolute atomic E-state index is 0.130. The van der Waals surface area contributed by atoms with Crippen molar-refractivity contribution < 1.29 is 5.11 Å². The molecule has 1 aliphatic rings. The van der Waals surface area contributed by atoms with Gasteiger partial charge in [0.15, 0.2) is 0 Å². The zero-order valence-corrected chi connectivity index (χ0v) is 15.6. The first-order chi connectivity index (χ1) is 11.6. The highest BCUT2D eigenvalue weighted by Gasteiger charge is 2.31. The first-order valence-corrected chi connectivity index (χ1v) is 9.71. The number of thioether (sulfide) groups is 1. The predicted molar refractivity (Wildman–Crippen MR) is 100 cm³/mol. The fourth-order valence-corrected chi connectivity index (χ4v) is 4.89. The molecule has 4 nitrogen and oxygen atoms in total. The molecule has 0 radical (unpaired) electrons. The third-order valence-corrected chi connectivity index (χ3v) is 6.14. The summed E-state index contributed by atoms with van der Waals surface area (Å²) in [5.41, 5.74) is 4.97. The van der Waals surface area contributed by atoms with E-state index < -0.39 is 0 Å². The summed E-state index contributed by atoms with van der Waals surface area (Å²) in [6.45, 7) is 9.25. The van der Waals surface area contributed by atoms with Crippen LogP contribution in [0.15, 0.2) is 30.3 Å². The Morgan fingerprint density at radius 3 is 2.71 bits per heavy atom. The Morgan fingerprint density at radius 1 is 1.25 bits per heavy atom. The van der Waals surface area contributed by atoms with Crippen molar-refractivity contribution >= 4 is 11.8 Å². The Bertz CT molecular complexity index is 671. The van der Waals surface area contributed by atoms with Crippen molar-refractivity contribution in [3.8, 4) is 0 Å². The van der Waals surface area contributed by atoms with Gasteiger partial charge in [-0.05, 0) is 19.4 Å². The smallest absolute Gasteiger partial charge is 0.0644 e. The zero-order valence-electron chi connectivity index (χ0n) is 14.8. The fraction of sp³-hybridized carbons (Fsp3) is 0.526. The van der Waals surface area contributed by atoms with Crippen LogP contribution in [0.2, 0.25) is 0 Å². The van der Waals surface area contributed by atoms with Gasteiger partial charge in [0.05, 0.1) is 18.8 Å². The predicted octanol–water partition coefficient (Wildman–Crippen LogP) is 3.17. The van der Waals surface area contributed by atoms with Crippen LogP contribution < -0.4 is 0 Å². The highest BCUT2D eigenvalue weighted by Crippen LogP contribution is 2.37. The quantitative estimate of drug-likeness (QED) is 0.904. The fourth-order valence-electron chi connectivity index (χ4n) is 3.67. The number of hydrogen-bond donors (Lipinski definition) is 1. The monoisotopic (exact) mass is 345 g/mol. The maximum atomic E-state index is 9.22. The van der Waals surface area contributed by atoms with Gasteiger partial charge in [-0.1, -0.05) is 37.3 Å². The van der Waals surface area contributed by atoms with Gasteiger partial charge < -0.3 is 5.11 Å². The van der Waals surface area contributed by atoms with Gasteiger partial charge in [-0.3, -0.25) is 9.58 Å². The van der Waals surface area contributed by atoms with Gasteiger partial charge in [0.25, 0.3) is 0 Å². The van der Waals surface area contributed by atoms with Crippen LogP contribution in [0.4, 0.5) is 0 Å². The highest BCUT2D eigenvalue weighted by molar-refractivity contribution is 8.00. The van der Waals surface area contributed by atoms with Gasteiger partial charge in [0, 0.05) is 41.4 Å². The molecule has 2 unspecified atom stereocenters. The van der Waals surface area contributed by atoms with Crippen LogP contribution in [0.25, 0.3) is 0 Å². The molecular weight excluding hydrogens is 318 g/mol. The van der Waals surface area contributed by atoms with E-state index in [0.29, 0.717) is 17.8 Å². The molecular formula is C19H27N3OS. The van der Waals surface area contributed by atoms with Crippen molar-refractivity contribution in [3.63, 3.8) is 0 Å². The average Bonchev–Trinajstić information content (AvgIpc) is 2.84. The van der Waals surface area contributed by atoms with E-state index in [4.69, 9.17) is 0 Å². The van der Waals surface area contributed by atoms with Gasteiger partial charge in [0.2, 0.25) is 0 Å². The maximum absolute atomic E-state index is 9.22. The van der Waals surface area contributed by atoms with Crippen molar-refractivity contribution in [2.75, 3.05) is 18.9 Å². The van der Waals surface area contributed by atoms with Crippen LogP contribution in [0.3, 0.4) is 0 Å². The third kappa shape index (κ3) is 3.53. The standard InChI is InChI=1S/C19H27N3OS/c1-14-18(15(2)22(20-14)9-11-23)13-21-10-12-24-16(3)19(21)17-7-5-4-6-8-17/h4-8,16,19,23H,9-13H2,1-3H3. The molecule has 24 heavy (non-hydrogen) atoms. The normalized spacial score (nSPS) is 22.0. The minimum atomic E-state index is 0.130. The van der Waals surface area contributed by atoms with Crippen molar-refractivity contribution in [3.05, 3.63) is 52.8 Å². The molecule has 0 aliphatic carbocycles. The number of nitrogens with zero attached hydrogens (tertiary/aromatic N) is 3. The molecule has 0 bridgehead atoms. The van der Waals surface area contributed by atoms with Crippen LogP contribution in [-0.2, 0) is 13.1 Å². The molecule has 1 N–H and O–H groups in total. The second-order valence-corrected chi connectivity index (χ2v) is 7.98. The summed E-state index contributed by atoms with van der Waals surface area (Å²) in [4.78, 5) is 2.59. The summed E-state index contributed by atoms with van der Waals surface area (Å²) in [7, 11) is 0. The molecule has 1 aromatic heterocycles. The number of benzene rings is 1. The molecule has 1 saturated heterocycles. The van der Waals surface area contributed by atoms with Gasteiger partial charge in [0.1, 0.15) is 0 Å². The van der Waals surface area contributed by atoms with E-state index in [2.05, 4.69) is 72.9 Å². The van der Waals surface area contributed by atoms with Gasteiger partial charge in [-0.25, -0.2) is 0 Å². The molecule has 1 aromatic carbocycles. The number of aromatic nitrogens is 2. The van der Waals surface area contributed by atoms with Crippen molar-refractivity contribution in [2.45, 2.75) is 45.2 Å². The Morgan fingerprint density at radius 2 is 2.00 bits per heavy atom. The first kappa shape index (κ1) is 17.5. The Kier molecular flexibility index (Phi) is 5.64. The van der Waals surface area contributed by atoms with E-state index >= 15 is 0 Å². The highest BCUT2D eigenvalue weighted by atomic mass is 32.2. The molecule has 5 heteroatoms. The van der Waals surface area contributed by atoms with E-state index in [0.717, 1.165) is 18.8 Å². The van der Waals surface area contributed by atoms with E-state index in [1.165, 1.54) is 22.6 Å². The van der Waals surface area contributed by atoms with Crippen molar-refractivity contribution in [1.29, 1.82) is 0 Å². The first-order valence-electron chi connectivity index (χ1n) is 8.66. The molecule has 3 rings (SSSR count). The Labute approximate surface area is 148 Å². The largest absolute Gasteiger partial charge is 0.394 e. The summed E-state index contributed by atoms with van der Waals surface area (Å²) in [5.74, 6) is 1.17. The lowest BCUT2D eigenvalue weighted by Crippen LogP contribution is -2.39. The summed E-state index contributed by atoms with van der Waals surface area (Å²) in [6, 6.07) is 11.3. The minimum Gasteiger partial charge on any atom is -0.394 e. The molecule has 0 spiro atoms. The second-order valence-electron chi connectivity index (χ2n) is 6.50. The lowest BCUT2D eigenvalue weighted by molar-refractivity contribution is 0.191. The maximum Gasteiger partial charge on any atom is 0.0644 e. The molecule has 1 aliphatic heterocycles. The van der Waals surface area contributed by atoms with Crippen LogP contribution in [0, 0.1) is 13.8 Å². The van der Waals surface area contributed by atoms with Crippen molar-refractivity contribution in [2.24, 2.45) is 0 Å². The number of aliphatic hydroxyl groups excluding tert-OH is 1. The van der Waals surface area contributed by atoms with E-state index in [9.17, 15) is 5.11 Å². The lowest BCUT2D eigenvalue weighted by atomic mass is 10.0. The Hall–Kier alpha value is -1.30. The zero-order chi connectivity index (χ0) is 17.1. The second kappa shape index (κ2) is 7.72. The molecule has 0 amide bonds. The number of aryl methyl sites for hydroxylation is 1. The molecule has 2 atom stereocenters. The summed E-state index contributed by atoms with van der Waals surface area (Å²) in [5, 5.41) is 14.4. The van der Waals surface area contributed by atoms with Gasteiger partial charge >= 0.3 is 0 Å². The molecule has 1 fully saturated rings. The summed E-state index contributed by atoms with van der Waals surface area (Å²) >= 11 is 2.06. The van der Waals surface area contributed by atoms with E-state index in [-0.39, 0.29) is 6.61 Å². The number of aliphatic hydroxyl groups is 1.